The van der Waals surface area contributed by atoms with Crippen molar-refractivity contribution in [3.05, 3.63) is 35.5 Å². The van der Waals surface area contributed by atoms with Crippen LogP contribution in [0.2, 0.25) is 0 Å². The van der Waals surface area contributed by atoms with Crippen molar-refractivity contribution in [2.24, 2.45) is 0 Å². The number of hydrogen-bond acceptors (Lipinski definition) is 5. The molecule has 0 atom stereocenters. The molecule has 0 fully saturated rings. The van der Waals surface area contributed by atoms with Gasteiger partial charge in [0.1, 0.15) is 28.9 Å². The van der Waals surface area contributed by atoms with Gasteiger partial charge in [0.25, 0.3) is 0 Å². The van der Waals surface area contributed by atoms with E-state index in [9.17, 15) is 5.26 Å². The van der Waals surface area contributed by atoms with E-state index in [0.29, 0.717) is 22.6 Å². The highest BCUT2D eigenvalue weighted by atomic mass is 16.5. The highest BCUT2D eigenvalue weighted by molar-refractivity contribution is 5.80. The molecule has 0 saturated heterocycles. The highest BCUT2D eigenvalue weighted by Gasteiger charge is 2.22. The topological polar surface area (TPSA) is 81.2 Å². The van der Waals surface area contributed by atoms with Gasteiger partial charge in [0.15, 0.2) is 0 Å². The van der Waals surface area contributed by atoms with E-state index in [4.69, 9.17) is 15.2 Å². The van der Waals surface area contributed by atoms with Gasteiger partial charge in [-0.25, -0.2) is 4.98 Å². The van der Waals surface area contributed by atoms with Crippen LogP contribution in [0.25, 0.3) is 11.1 Å². The molecule has 2 aromatic rings. The maximum Gasteiger partial charge on any atom is 0.142 e. The number of benzene rings is 1. The van der Waals surface area contributed by atoms with E-state index >= 15 is 0 Å². The fourth-order valence-electron chi connectivity index (χ4n) is 2.30. The molecule has 120 valence electrons. The summed E-state index contributed by atoms with van der Waals surface area (Å²) in [7, 11) is 3.18. The highest BCUT2D eigenvalue weighted by Crippen LogP contribution is 2.38. The summed E-state index contributed by atoms with van der Waals surface area (Å²) in [5.41, 5.74) is 8.50. The first-order chi connectivity index (χ1) is 10.8. The maximum atomic E-state index is 9.48. The Kier molecular flexibility index (Phi) is 4.46. The van der Waals surface area contributed by atoms with Gasteiger partial charge in [-0.3, -0.25) is 0 Å². The van der Waals surface area contributed by atoms with E-state index in [1.165, 1.54) is 0 Å². The van der Waals surface area contributed by atoms with Crippen LogP contribution in [-0.4, -0.2) is 19.2 Å². The molecule has 0 aliphatic carbocycles. The molecule has 5 heteroatoms. The number of nitrogens with two attached hydrogens (primary N) is 1. The molecule has 0 aliphatic heterocycles. The van der Waals surface area contributed by atoms with Crippen molar-refractivity contribution in [3.63, 3.8) is 0 Å². The second-order valence-electron chi connectivity index (χ2n) is 6.24. The monoisotopic (exact) mass is 311 g/mol. The Morgan fingerprint density at radius 3 is 2.30 bits per heavy atom. The minimum Gasteiger partial charge on any atom is -0.497 e. The number of anilines is 1. The van der Waals surface area contributed by atoms with Crippen molar-refractivity contribution in [1.82, 2.24) is 4.98 Å². The quantitative estimate of drug-likeness (QED) is 0.938. The Morgan fingerprint density at radius 1 is 1.09 bits per heavy atom. The third-order valence-electron chi connectivity index (χ3n) is 3.63. The average molecular weight is 311 g/mol. The minimum atomic E-state index is -0.184. The standard InChI is InChI=1S/C18H21N3O2/c1-18(2,3)16-9-13(14(10-19)17(20)21-16)12-7-6-11(22-4)8-15(12)23-5/h6-9H,1-5H3,(H2,20,21). The van der Waals surface area contributed by atoms with Crippen LogP contribution in [0.4, 0.5) is 5.82 Å². The molecular weight excluding hydrogens is 290 g/mol. The first-order valence-electron chi connectivity index (χ1n) is 7.25. The number of rotatable bonds is 3. The summed E-state index contributed by atoms with van der Waals surface area (Å²) in [4.78, 5) is 4.38. The van der Waals surface area contributed by atoms with E-state index in [2.05, 4.69) is 31.8 Å². The summed E-state index contributed by atoms with van der Waals surface area (Å²) in [6.45, 7) is 6.15. The summed E-state index contributed by atoms with van der Waals surface area (Å²) in [5.74, 6) is 1.53. The van der Waals surface area contributed by atoms with Crippen molar-refractivity contribution in [2.75, 3.05) is 20.0 Å². The Morgan fingerprint density at radius 2 is 1.78 bits per heavy atom. The molecule has 0 unspecified atom stereocenters. The SMILES string of the molecule is COc1ccc(-c2cc(C(C)(C)C)nc(N)c2C#N)c(OC)c1. The largest absolute Gasteiger partial charge is 0.497 e. The van der Waals surface area contributed by atoms with Gasteiger partial charge in [0.05, 0.1) is 14.2 Å². The predicted molar refractivity (Wildman–Crippen MR) is 90.6 cm³/mol. The second-order valence-corrected chi connectivity index (χ2v) is 6.24. The van der Waals surface area contributed by atoms with Crippen LogP contribution in [0.15, 0.2) is 24.3 Å². The molecule has 23 heavy (non-hydrogen) atoms. The molecule has 0 aliphatic rings. The number of ether oxygens (including phenoxy) is 2. The van der Waals surface area contributed by atoms with Gasteiger partial charge in [-0.15, -0.1) is 0 Å². The number of pyridine rings is 1. The fraction of sp³-hybridized carbons (Fsp3) is 0.333. The second kappa shape index (κ2) is 6.17. The molecule has 1 aromatic carbocycles. The molecule has 5 nitrogen and oxygen atoms in total. The fourth-order valence-corrected chi connectivity index (χ4v) is 2.30. The molecule has 1 aromatic heterocycles. The van der Waals surface area contributed by atoms with Crippen LogP contribution in [0.3, 0.4) is 0 Å². The van der Waals surface area contributed by atoms with Gasteiger partial charge in [-0.2, -0.15) is 5.26 Å². The lowest BCUT2D eigenvalue weighted by Gasteiger charge is -2.21. The van der Waals surface area contributed by atoms with Gasteiger partial charge in [-0.05, 0) is 18.2 Å². The van der Waals surface area contributed by atoms with Gasteiger partial charge < -0.3 is 15.2 Å². The third-order valence-corrected chi connectivity index (χ3v) is 3.63. The summed E-state index contributed by atoms with van der Waals surface area (Å²) in [6, 6.07) is 9.52. The molecular formula is C18H21N3O2. The lowest BCUT2D eigenvalue weighted by Crippen LogP contribution is -2.15. The predicted octanol–water partition coefficient (Wildman–Crippen LogP) is 3.52. The van der Waals surface area contributed by atoms with E-state index in [0.717, 1.165) is 11.3 Å². The first-order valence-corrected chi connectivity index (χ1v) is 7.25. The Hall–Kier alpha value is -2.74. The van der Waals surface area contributed by atoms with Crippen molar-refractivity contribution in [3.8, 4) is 28.7 Å². The van der Waals surface area contributed by atoms with Gasteiger partial charge in [-0.1, -0.05) is 20.8 Å². The van der Waals surface area contributed by atoms with Gasteiger partial charge in [0, 0.05) is 28.3 Å². The number of aromatic nitrogens is 1. The molecule has 1 heterocycles. The zero-order chi connectivity index (χ0) is 17.2. The molecule has 0 bridgehead atoms. The van der Waals surface area contributed by atoms with Crippen molar-refractivity contribution >= 4 is 5.82 Å². The zero-order valence-electron chi connectivity index (χ0n) is 14.1. The van der Waals surface area contributed by atoms with Crippen molar-refractivity contribution < 1.29 is 9.47 Å². The Bertz CT molecular complexity index is 771. The van der Waals surface area contributed by atoms with E-state index in [1.807, 2.05) is 18.2 Å². The molecule has 0 radical (unpaired) electrons. The van der Waals surface area contributed by atoms with Gasteiger partial charge >= 0.3 is 0 Å². The van der Waals surface area contributed by atoms with Crippen LogP contribution < -0.4 is 15.2 Å². The smallest absolute Gasteiger partial charge is 0.142 e. The first kappa shape index (κ1) is 16.6. The van der Waals surface area contributed by atoms with Crippen LogP contribution in [0.1, 0.15) is 32.0 Å². The molecule has 0 spiro atoms. The summed E-state index contributed by atoms with van der Waals surface area (Å²) >= 11 is 0. The number of nitrogens with zero attached hydrogens (tertiary/aromatic N) is 2. The molecule has 0 saturated carbocycles. The van der Waals surface area contributed by atoms with Crippen molar-refractivity contribution in [2.45, 2.75) is 26.2 Å². The third kappa shape index (κ3) is 3.21. The molecule has 0 amide bonds. The molecule has 2 rings (SSSR count). The average Bonchev–Trinajstić information content (AvgIpc) is 2.52. The van der Waals surface area contributed by atoms with Crippen LogP contribution in [0, 0.1) is 11.3 Å². The Labute approximate surface area is 136 Å². The normalized spacial score (nSPS) is 11.0. The van der Waals surface area contributed by atoms with Gasteiger partial charge in [0.2, 0.25) is 0 Å². The van der Waals surface area contributed by atoms with Crippen LogP contribution in [0.5, 0.6) is 11.5 Å². The Balaban J connectivity index is 2.77. The van der Waals surface area contributed by atoms with Crippen LogP contribution >= 0.6 is 0 Å². The number of methoxy groups -OCH3 is 2. The van der Waals surface area contributed by atoms with Crippen LogP contribution in [-0.2, 0) is 5.41 Å². The maximum absolute atomic E-state index is 9.48. The zero-order valence-corrected chi connectivity index (χ0v) is 14.1. The van der Waals surface area contributed by atoms with E-state index in [-0.39, 0.29) is 11.2 Å². The summed E-state index contributed by atoms with van der Waals surface area (Å²) < 4.78 is 10.7. The number of nitrogen functional groups attached to an aromatic ring is 1. The number of hydrogen-bond donors (Lipinski definition) is 1. The number of nitriles is 1. The van der Waals surface area contributed by atoms with E-state index < -0.39 is 0 Å². The van der Waals surface area contributed by atoms with E-state index in [1.54, 1.807) is 20.3 Å². The lowest BCUT2D eigenvalue weighted by atomic mass is 9.88. The molecule has 2 N–H and O–H groups in total. The van der Waals surface area contributed by atoms with Crippen molar-refractivity contribution in [1.29, 1.82) is 5.26 Å². The minimum absolute atomic E-state index is 0.184. The lowest BCUT2D eigenvalue weighted by molar-refractivity contribution is 0.395. The summed E-state index contributed by atoms with van der Waals surface area (Å²) in [5, 5.41) is 9.48. The summed E-state index contributed by atoms with van der Waals surface area (Å²) in [6.07, 6.45) is 0.